The molecule has 2 N–H and O–H groups in total. The van der Waals surface area contributed by atoms with E-state index < -0.39 is 0 Å². The Morgan fingerprint density at radius 2 is 2.41 bits per heavy atom. The van der Waals surface area contributed by atoms with Gasteiger partial charge in [0.2, 0.25) is 5.91 Å². The number of hydrogen-bond acceptors (Lipinski definition) is 4. The van der Waals surface area contributed by atoms with Gasteiger partial charge in [0.05, 0.1) is 6.04 Å². The summed E-state index contributed by atoms with van der Waals surface area (Å²) in [6, 6.07) is -0.0174. The number of carbonyl (C=O) groups is 1. The highest BCUT2D eigenvalue weighted by atomic mass is 32.1. The van der Waals surface area contributed by atoms with Crippen LogP contribution in [0, 0.1) is 5.92 Å². The number of amides is 1. The second-order valence-corrected chi connectivity index (χ2v) is 5.88. The van der Waals surface area contributed by atoms with E-state index in [9.17, 15) is 4.79 Å². The first kappa shape index (κ1) is 12.5. The van der Waals surface area contributed by atoms with Crippen molar-refractivity contribution >= 4 is 17.2 Å². The van der Waals surface area contributed by atoms with Crippen molar-refractivity contribution in [1.82, 2.24) is 9.88 Å². The lowest BCUT2D eigenvalue weighted by molar-refractivity contribution is -0.138. The van der Waals surface area contributed by atoms with Crippen LogP contribution in [0.15, 0.2) is 11.6 Å². The number of nitrogens with two attached hydrogens (primary N) is 1. The van der Waals surface area contributed by atoms with E-state index in [1.807, 2.05) is 10.3 Å². The maximum absolute atomic E-state index is 12.0. The van der Waals surface area contributed by atoms with Crippen LogP contribution in [0.2, 0.25) is 0 Å². The average molecular weight is 253 g/mol. The van der Waals surface area contributed by atoms with Gasteiger partial charge in [0, 0.05) is 30.6 Å². The van der Waals surface area contributed by atoms with Crippen LogP contribution in [0.5, 0.6) is 0 Å². The molecule has 2 heterocycles. The smallest absolute Gasteiger partial charge is 0.223 e. The summed E-state index contributed by atoms with van der Waals surface area (Å²) in [6.07, 6.45) is 3.10. The lowest BCUT2D eigenvalue weighted by Crippen LogP contribution is -2.49. The van der Waals surface area contributed by atoms with Crippen molar-refractivity contribution in [2.24, 2.45) is 11.7 Å². The third-order valence-corrected chi connectivity index (χ3v) is 3.87. The van der Waals surface area contributed by atoms with Gasteiger partial charge in [-0.05, 0) is 12.3 Å². The van der Waals surface area contributed by atoms with Gasteiger partial charge in [-0.15, -0.1) is 11.3 Å². The molecule has 2 unspecified atom stereocenters. The zero-order valence-corrected chi connectivity index (χ0v) is 11.1. The highest BCUT2D eigenvalue weighted by Crippen LogP contribution is 2.32. The van der Waals surface area contributed by atoms with Gasteiger partial charge in [-0.1, -0.05) is 13.8 Å². The van der Waals surface area contributed by atoms with E-state index in [2.05, 4.69) is 18.8 Å². The molecule has 4 nitrogen and oxygen atoms in total. The highest BCUT2D eigenvalue weighted by Gasteiger charge is 2.36. The van der Waals surface area contributed by atoms with Crippen molar-refractivity contribution in [2.75, 3.05) is 6.54 Å². The molecule has 17 heavy (non-hydrogen) atoms. The fraction of sp³-hybridized carbons (Fsp3) is 0.667. The summed E-state index contributed by atoms with van der Waals surface area (Å²) in [5, 5.41) is 2.90. The van der Waals surface area contributed by atoms with E-state index in [1.165, 1.54) is 0 Å². The summed E-state index contributed by atoms with van der Waals surface area (Å²) in [5.74, 6) is 0.660. The van der Waals surface area contributed by atoms with Crippen LogP contribution < -0.4 is 5.73 Å². The Hall–Kier alpha value is -0.940. The standard InChI is InChI=1S/C12H19N3OS/c1-8(2)7-15-10(16)4-3-9(13)11(15)12-14-5-6-17-12/h5-6,8-9,11H,3-4,7,13H2,1-2H3. The summed E-state index contributed by atoms with van der Waals surface area (Å²) in [5.41, 5.74) is 6.17. The molecule has 0 spiro atoms. The molecule has 1 aromatic rings. The average Bonchev–Trinajstić information content (AvgIpc) is 2.76. The topological polar surface area (TPSA) is 59.2 Å². The molecule has 1 saturated heterocycles. The fourth-order valence-electron chi connectivity index (χ4n) is 2.28. The minimum Gasteiger partial charge on any atom is -0.331 e. The van der Waals surface area contributed by atoms with Crippen molar-refractivity contribution in [3.8, 4) is 0 Å². The maximum atomic E-state index is 12.0. The molecular weight excluding hydrogens is 234 g/mol. The first-order chi connectivity index (χ1) is 8.09. The van der Waals surface area contributed by atoms with Crippen LogP contribution in [0.3, 0.4) is 0 Å². The molecule has 94 valence electrons. The predicted octanol–water partition coefficient (Wildman–Crippen LogP) is 1.79. The van der Waals surface area contributed by atoms with Gasteiger partial charge in [-0.25, -0.2) is 4.98 Å². The number of thiazole rings is 1. The second-order valence-electron chi connectivity index (χ2n) is 4.96. The first-order valence-electron chi connectivity index (χ1n) is 6.04. The van der Waals surface area contributed by atoms with Gasteiger partial charge >= 0.3 is 0 Å². The van der Waals surface area contributed by atoms with E-state index in [1.54, 1.807) is 17.5 Å². The van der Waals surface area contributed by atoms with Crippen molar-refractivity contribution in [3.63, 3.8) is 0 Å². The number of likely N-dealkylation sites (tertiary alicyclic amines) is 1. The van der Waals surface area contributed by atoms with Gasteiger partial charge in [0.25, 0.3) is 0 Å². The maximum Gasteiger partial charge on any atom is 0.223 e. The minimum atomic E-state index is -0.0290. The molecule has 1 aliphatic rings. The van der Waals surface area contributed by atoms with Crippen molar-refractivity contribution in [2.45, 2.75) is 38.8 Å². The Labute approximate surface area is 106 Å². The van der Waals surface area contributed by atoms with Crippen LogP contribution in [0.25, 0.3) is 0 Å². The molecule has 0 radical (unpaired) electrons. The molecule has 1 aliphatic heterocycles. The van der Waals surface area contributed by atoms with E-state index >= 15 is 0 Å². The monoisotopic (exact) mass is 253 g/mol. The van der Waals surface area contributed by atoms with Gasteiger partial charge in [0.15, 0.2) is 0 Å². The molecule has 2 atom stereocenters. The third-order valence-electron chi connectivity index (χ3n) is 3.02. The summed E-state index contributed by atoms with van der Waals surface area (Å²) >= 11 is 1.58. The molecule has 0 bridgehead atoms. The molecular formula is C12H19N3OS. The van der Waals surface area contributed by atoms with E-state index in [-0.39, 0.29) is 18.0 Å². The Morgan fingerprint density at radius 1 is 1.65 bits per heavy atom. The number of piperidine rings is 1. The van der Waals surface area contributed by atoms with Gasteiger partial charge in [-0.3, -0.25) is 4.79 Å². The Kier molecular flexibility index (Phi) is 3.79. The number of nitrogens with zero attached hydrogens (tertiary/aromatic N) is 2. The number of hydrogen-bond donors (Lipinski definition) is 1. The van der Waals surface area contributed by atoms with Crippen molar-refractivity contribution in [3.05, 3.63) is 16.6 Å². The fourth-order valence-corrected chi connectivity index (χ4v) is 3.11. The zero-order chi connectivity index (χ0) is 12.4. The quantitative estimate of drug-likeness (QED) is 0.893. The van der Waals surface area contributed by atoms with Crippen LogP contribution in [-0.4, -0.2) is 28.4 Å². The Bertz CT molecular complexity index is 377. The van der Waals surface area contributed by atoms with Gasteiger partial charge in [0.1, 0.15) is 5.01 Å². The Morgan fingerprint density at radius 3 is 3.00 bits per heavy atom. The van der Waals surface area contributed by atoms with E-state index in [0.29, 0.717) is 12.3 Å². The lowest BCUT2D eigenvalue weighted by atomic mass is 9.95. The van der Waals surface area contributed by atoms with Crippen LogP contribution in [0.4, 0.5) is 0 Å². The molecule has 1 amide bonds. The number of aromatic nitrogens is 1. The van der Waals surface area contributed by atoms with E-state index in [0.717, 1.165) is 18.0 Å². The molecule has 0 saturated carbocycles. The first-order valence-corrected chi connectivity index (χ1v) is 6.92. The summed E-state index contributed by atoms with van der Waals surface area (Å²) < 4.78 is 0. The normalized spacial score (nSPS) is 25.6. The molecule has 5 heteroatoms. The second kappa shape index (κ2) is 5.14. The lowest BCUT2D eigenvalue weighted by Gasteiger charge is -2.39. The van der Waals surface area contributed by atoms with Crippen LogP contribution >= 0.6 is 11.3 Å². The molecule has 1 fully saturated rings. The van der Waals surface area contributed by atoms with Gasteiger partial charge in [-0.2, -0.15) is 0 Å². The SMILES string of the molecule is CC(C)CN1C(=O)CCC(N)C1c1nccs1. The zero-order valence-electron chi connectivity index (χ0n) is 10.3. The Balaban J connectivity index is 2.25. The minimum absolute atomic E-state index is 0.0117. The number of carbonyl (C=O) groups excluding carboxylic acids is 1. The molecule has 1 aromatic heterocycles. The highest BCUT2D eigenvalue weighted by molar-refractivity contribution is 7.09. The van der Waals surface area contributed by atoms with E-state index in [4.69, 9.17) is 5.73 Å². The van der Waals surface area contributed by atoms with Crippen molar-refractivity contribution < 1.29 is 4.79 Å². The molecule has 0 aliphatic carbocycles. The van der Waals surface area contributed by atoms with Crippen LogP contribution in [0.1, 0.15) is 37.7 Å². The molecule has 0 aromatic carbocycles. The third kappa shape index (κ3) is 2.66. The summed E-state index contributed by atoms with van der Waals surface area (Å²) in [7, 11) is 0. The van der Waals surface area contributed by atoms with Crippen LogP contribution in [-0.2, 0) is 4.79 Å². The van der Waals surface area contributed by atoms with Crippen molar-refractivity contribution in [1.29, 1.82) is 0 Å². The van der Waals surface area contributed by atoms with Gasteiger partial charge < -0.3 is 10.6 Å². The largest absolute Gasteiger partial charge is 0.331 e. The predicted molar refractivity (Wildman–Crippen MR) is 68.6 cm³/mol. The molecule has 2 rings (SSSR count). The number of rotatable bonds is 3. The summed E-state index contributed by atoms with van der Waals surface area (Å²) in [6.45, 7) is 5.00. The summed E-state index contributed by atoms with van der Waals surface area (Å²) in [4.78, 5) is 18.3.